The Morgan fingerprint density at radius 2 is 2.21 bits per heavy atom. The molecule has 0 saturated carbocycles. The van der Waals surface area contributed by atoms with E-state index in [2.05, 4.69) is 39.1 Å². The molecular weight excluding hydrogens is 304 g/mol. The van der Waals surface area contributed by atoms with Crippen LogP contribution in [0.4, 0.5) is 0 Å². The van der Waals surface area contributed by atoms with Gasteiger partial charge in [0.05, 0.1) is 0 Å². The molecule has 3 rings (SSSR count). The van der Waals surface area contributed by atoms with Gasteiger partial charge in [-0.15, -0.1) is 5.10 Å². The van der Waals surface area contributed by atoms with Gasteiger partial charge in [0, 0.05) is 30.5 Å². The van der Waals surface area contributed by atoms with E-state index in [1.54, 1.807) is 4.52 Å². The molecule has 3 heterocycles. The van der Waals surface area contributed by atoms with Gasteiger partial charge in [0.25, 0.3) is 11.7 Å². The van der Waals surface area contributed by atoms with Crippen LogP contribution in [0, 0.1) is 19.8 Å². The fourth-order valence-corrected chi connectivity index (χ4v) is 3.34. The van der Waals surface area contributed by atoms with Crippen LogP contribution in [0.15, 0.2) is 6.07 Å². The second-order valence-electron chi connectivity index (χ2n) is 6.99. The molecule has 0 radical (unpaired) electrons. The third kappa shape index (κ3) is 3.56. The third-order valence-electron chi connectivity index (χ3n) is 4.69. The van der Waals surface area contributed by atoms with E-state index < -0.39 is 0 Å². The van der Waals surface area contributed by atoms with Gasteiger partial charge in [-0.1, -0.05) is 6.92 Å². The Bertz CT molecular complexity index is 740. The summed E-state index contributed by atoms with van der Waals surface area (Å²) in [6.07, 6.45) is 2.53. The van der Waals surface area contributed by atoms with E-state index in [1.807, 2.05) is 19.9 Å². The summed E-state index contributed by atoms with van der Waals surface area (Å²) in [4.78, 5) is 23.4. The number of nitrogens with zero attached hydrogens (tertiary/aromatic N) is 5. The summed E-state index contributed by atoms with van der Waals surface area (Å²) in [5, 5.41) is 7.23. The lowest BCUT2D eigenvalue weighted by molar-refractivity contribution is 0.0908. The van der Waals surface area contributed by atoms with E-state index in [9.17, 15) is 4.79 Å². The number of hydrogen-bond donors (Lipinski definition) is 1. The largest absolute Gasteiger partial charge is 0.348 e. The van der Waals surface area contributed by atoms with Crippen molar-refractivity contribution in [3.63, 3.8) is 0 Å². The van der Waals surface area contributed by atoms with Gasteiger partial charge in [0.1, 0.15) is 0 Å². The van der Waals surface area contributed by atoms with Crippen LogP contribution < -0.4 is 5.32 Å². The summed E-state index contributed by atoms with van der Waals surface area (Å²) in [6.45, 7) is 11.1. The highest BCUT2D eigenvalue weighted by Crippen LogP contribution is 2.17. The molecule has 0 aliphatic carbocycles. The molecule has 0 spiro atoms. The van der Waals surface area contributed by atoms with Crippen LogP contribution in [0.5, 0.6) is 0 Å². The van der Waals surface area contributed by atoms with Gasteiger partial charge in [-0.2, -0.15) is 4.98 Å². The second-order valence-corrected chi connectivity index (χ2v) is 6.99. The van der Waals surface area contributed by atoms with Crippen molar-refractivity contribution in [2.75, 3.05) is 19.6 Å². The monoisotopic (exact) mass is 330 g/mol. The van der Waals surface area contributed by atoms with E-state index >= 15 is 0 Å². The quantitative estimate of drug-likeness (QED) is 0.921. The Hall–Kier alpha value is -2.02. The van der Waals surface area contributed by atoms with Crippen LogP contribution in [-0.2, 0) is 0 Å². The number of aromatic nitrogens is 4. The summed E-state index contributed by atoms with van der Waals surface area (Å²) >= 11 is 0. The lowest BCUT2D eigenvalue weighted by atomic mass is 9.99. The number of rotatable bonds is 4. The SMILES string of the molecule is Cc1cc(C)n2nc(C(=O)NC[C@@H](C)N3CCC[C@H](C)C3)nc2n1. The topological polar surface area (TPSA) is 75.4 Å². The molecule has 7 nitrogen and oxygen atoms in total. The highest BCUT2D eigenvalue weighted by atomic mass is 16.2. The number of carbonyl (C=O) groups is 1. The van der Waals surface area contributed by atoms with Crippen molar-refractivity contribution in [3.8, 4) is 0 Å². The van der Waals surface area contributed by atoms with Gasteiger partial charge >= 0.3 is 0 Å². The number of piperidine rings is 1. The number of amides is 1. The summed E-state index contributed by atoms with van der Waals surface area (Å²) in [5.74, 6) is 1.13. The molecular formula is C17H26N6O. The normalized spacial score (nSPS) is 20.2. The minimum Gasteiger partial charge on any atom is -0.348 e. The third-order valence-corrected chi connectivity index (χ3v) is 4.69. The molecule has 2 atom stereocenters. The van der Waals surface area contributed by atoms with Crippen LogP contribution in [0.3, 0.4) is 0 Å². The van der Waals surface area contributed by atoms with Crippen LogP contribution in [0.25, 0.3) is 5.78 Å². The smallest absolute Gasteiger partial charge is 0.291 e. The molecule has 1 N–H and O–H groups in total. The molecule has 7 heteroatoms. The minimum absolute atomic E-state index is 0.176. The molecule has 1 aliphatic rings. The van der Waals surface area contributed by atoms with Crippen molar-refractivity contribution in [2.45, 2.75) is 46.6 Å². The summed E-state index contributed by atoms with van der Waals surface area (Å²) < 4.78 is 1.61. The van der Waals surface area contributed by atoms with E-state index in [4.69, 9.17) is 0 Å². The zero-order valence-corrected chi connectivity index (χ0v) is 14.9. The van der Waals surface area contributed by atoms with Gasteiger partial charge in [-0.05, 0) is 52.1 Å². The highest BCUT2D eigenvalue weighted by Gasteiger charge is 2.22. The van der Waals surface area contributed by atoms with Gasteiger partial charge in [0.2, 0.25) is 5.82 Å². The molecule has 1 saturated heterocycles. The summed E-state index contributed by atoms with van der Waals surface area (Å²) in [5.41, 5.74) is 1.78. The molecule has 2 aromatic heterocycles. The first-order valence-electron chi connectivity index (χ1n) is 8.67. The van der Waals surface area contributed by atoms with Crippen LogP contribution >= 0.6 is 0 Å². The number of hydrogen-bond acceptors (Lipinski definition) is 5. The molecule has 24 heavy (non-hydrogen) atoms. The Morgan fingerprint density at radius 3 is 2.96 bits per heavy atom. The van der Waals surface area contributed by atoms with Crippen molar-refractivity contribution < 1.29 is 4.79 Å². The van der Waals surface area contributed by atoms with Crippen molar-refractivity contribution >= 4 is 11.7 Å². The average molecular weight is 330 g/mol. The molecule has 0 bridgehead atoms. The molecule has 130 valence electrons. The van der Waals surface area contributed by atoms with Crippen LogP contribution in [-0.4, -0.2) is 56.1 Å². The molecule has 1 aliphatic heterocycles. The summed E-state index contributed by atoms with van der Waals surface area (Å²) in [7, 11) is 0. The van der Waals surface area contributed by atoms with E-state index in [-0.39, 0.29) is 11.7 Å². The minimum atomic E-state index is -0.241. The summed E-state index contributed by atoms with van der Waals surface area (Å²) in [6, 6.07) is 2.24. The number of carbonyl (C=O) groups excluding carboxylic acids is 1. The van der Waals surface area contributed by atoms with E-state index in [0.29, 0.717) is 18.4 Å². The van der Waals surface area contributed by atoms with Crippen LogP contribution in [0.2, 0.25) is 0 Å². The predicted molar refractivity (Wildman–Crippen MR) is 92.0 cm³/mol. The Labute approximate surface area is 142 Å². The Balaban J connectivity index is 1.63. The maximum absolute atomic E-state index is 12.4. The maximum atomic E-state index is 12.4. The van der Waals surface area contributed by atoms with Gasteiger partial charge in [-0.25, -0.2) is 9.50 Å². The van der Waals surface area contributed by atoms with Gasteiger partial charge < -0.3 is 5.32 Å². The number of aryl methyl sites for hydroxylation is 2. The predicted octanol–water partition coefficient (Wildman–Crippen LogP) is 1.59. The molecule has 1 fully saturated rings. The van der Waals surface area contributed by atoms with Crippen molar-refractivity contribution in [1.29, 1.82) is 0 Å². The zero-order chi connectivity index (χ0) is 17.3. The maximum Gasteiger partial charge on any atom is 0.291 e. The van der Waals surface area contributed by atoms with E-state index in [1.165, 1.54) is 12.8 Å². The van der Waals surface area contributed by atoms with E-state index in [0.717, 1.165) is 30.4 Å². The fraction of sp³-hybridized carbons (Fsp3) is 0.647. The first kappa shape index (κ1) is 16.8. The molecule has 0 aromatic carbocycles. The average Bonchev–Trinajstić information content (AvgIpc) is 2.96. The van der Waals surface area contributed by atoms with Crippen molar-refractivity contribution in [1.82, 2.24) is 29.8 Å². The fourth-order valence-electron chi connectivity index (χ4n) is 3.34. The zero-order valence-electron chi connectivity index (χ0n) is 14.9. The molecule has 1 amide bonds. The first-order chi connectivity index (χ1) is 11.4. The van der Waals surface area contributed by atoms with Crippen molar-refractivity contribution in [3.05, 3.63) is 23.3 Å². The molecule has 0 unspecified atom stereocenters. The molecule has 2 aromatic rings. The van der Waals surface area contributed by atoms with Gasteiger partial charge in [-0.3, -0.25) is 9.69 Å². The van der Waals surface area contributed by atoms with Crippen LogP contribution in [0.1, 0.15) is 48.7 Å². The van der Waals surface area contributed by atoms with Gasteiger partial charge in [0.15, 0.2) is 0 Å². The number of fused-ring (bicyclic) bond motifs is 1. The number of nitrogens with one attached hydrogen (secondary N) is 1. The second kappa shape index (κ2) is 6.84. The lowest BCUT2D eigenvalue weighted by Crippen LogP contribution is -2.46. The standard InChI is InChI=1S/C17H26N6O/c1-11-6-5-7-22(10-11)14(4)9-18-16(24)15-20-17-19-12(2)8-13(3)23(17)21-15/h8,11,14H,5-7,9-10H2,1-4H3,(H,18,24)/t11-,14+/m0/s1. The van der Waals surface area contributed by atoms with Crippen molar-refractivity contribution in [2.24, 2.45) is 5.92 Å². The highest BCUT2D eigenvalue weighted by molar-refractivity contribution is 5.90. The lowest BCUT2D eigenvalue weighted by Gasteiger charge is -2.35. The Morgan fingerprint density at radius 1 is 1.42 bits per heavy atom. The Kier molecular flexibility index (Phi) is 4.80. The number of likely N-dealkylation sites (tertiary alicyclic amines) is 1. The first-order valence-corrected chi connectivity index (χ1v) is 8.67.